The Morgan fingerprint density at radius 2 is 1.88 bits per heavy atom. The topological polar surface area (TPSA) is 125 Å². The number of amidine groups is 2. The Balaban J connectivity index is 1.33. The zero-order valence-corrected chi connectivity index (χ0v) is 19.0. The quantitative estimate of drug-likeness (QED) is 0.290. The minimum atomic E-state index is -0.540. The molecule has 9 nitrogen and oxygen atoms in total. The molecule has 0 radical (unpaired) electrons. The van der Waals surface area contributed by atoms with E-state index in [1.807, 2.05) is 30.3 Å². The molecule has 0 fully saturated rings. The van der Waals surface area contributed by atoms with E-state index in [4.69, 9.17) is 9.83 Å². The highest BCUT2D eigenvalue weighted by Crippen LogP contribution is 2.34. The van der Waals surface area contributed by atoms with E-state index < -0.39 is 10.8 Å². The maximum Gasteiger partial charge on any atom is 0.283 e. The van der Waals surface area contributed by atoms with Gasteiger partial charge in [-0.3, -0.25) is 20.3 Å². The van der Waals surface area contributed by atoms with Crippen molar-refractivity contribution in [1.82, 2.24) is 5.01 Å². The zero-order chi connectivity index (χ0) is 23.7. The predicted octanol–water partition coefficient (Wildman–Crippen LogP) is 5.36. The number of hydrogen-bond donors (Lipinski definition) is 1. The second-order valence-electron chi connectivity index (χ2n) is 7.17. The van der Waals surface area contributed by atoms with Crippen LogP contribution in [0.5, 0.6) is 0 Å². The average Bonchev–Trinajstić information content (AvgIpc) is 3.48. The Bertz CT molecular complexity index is 1390. The number of thioether (sulfide) groups is 2. The van der Waals surface area contributed by atoms with Crippen molar-refractivity contribution in [2.45, 2.75) is 5.75 Å². The van der Waals surface area contributed by atoms with Crippen LogP contribution < -0.4 is 0 Å². The molecule has 3 aromatic rings. The van der Waals surface area contributed by atoms with Crippen molar-refractivity contribution in [2.75, 3.05) is 0 Å². The van der Waals surface area contributed by atoms with Crippen molar-refractivity contribution < 1.29 is 14.1 Å². The van der Waals surface area contributed by atoms with Gasteiger partial charge in [-0.05, 0) is 47.7 Å². The summed E-state index contributed by atoms with van der Waals surface area (Å²) >= 11 is 2.78. The number of hydrogen-bond acceptors (Lipinski definition) is 8. The van der Waals surface area contributed by atoms with Crippen LogP contribution in [0.3, 0.4) is 0 Å². The number of hydrazone groups is 1. The third-order valence-corrected chi connectivity index (χ3v) is 7.03. The number of carbonyl (C=O) groups excluding carboxylic acids is 1. The van der Waals surface area contributed by atoms with Crippen LogP contribution >= 0.6 is 23.5 Å². The van der Waals surface area contributed by atoms with Crippen LogP contribution in [0.1, 0.15) is 11.3 Å². The standard InChI is InChI=1S/C23H15N5O4S2/c24-20-18(12-17-10-11-19(32-17)15-6-8-16(9-7-15)28(30)31)21(29)25-22-27(20)26-23(34-22)33-13-14-4-2-1-3-5-14/h1-12,24H,13H2/b18-12-,24-20?. The summed E-state index contributed by atoms with van der Waals surface area (Å²) in [6.45, 7) is 0. The van der Waals surface area contributed by atoms with Gasteiger partial charge in [0.05, 0.1) is 10.5 Å². The van der Waals surface area contributed by atoms with Crippen LogP contribution in [-0.4, -0.2) is 31.2 Å². The van der Waals surface area contributed by atoms with E-state index in [9.17, 15) is 14.9 Å². The van der Waals surface area contributed by atoms with Crippen LogP contribution in [0.15, 0.2) is 86.8 Å². The first-order valence-electron chi connectivity index (χ1n) is 9.99. The molecule has 2 aliphatic rings. The van der Waals surface area contributed by atoms with Gasteiger partial charge in [0, 0.05) is 23.4 Å². The normalized spacial score (nSPS) is 16.5. The Morgan fingerprint density at radius 3 is 2.62 bits per heavy atom. The lowest BCUT2D eigenvalue weighted by Crippen LogP contribution is -2.35. The first kappa shape index (κ1) is 21.9. The summed E-state index contributed by atoms with van der Waals surface area (Å²) in [5.74, 6) is 0.938. The third-order valence-electron chi connectivity index (χ3n) is 4.92. The minimum Gasteiger partial charge on any atom is -0.457 e. The van der Waals surface area contributed by atoms with Crippen LogP contribution in [0.2, 0.25) is 0 Å². The number of rotatable bonds is 5. The number of aliphatic imine (C=N–C) groups is 1. The molecule has 0 saturated carbocycles. The monoisotopic (exact) mass is 489 g/mol. The highest BCUT2D eigenvalue weighted by atomic mass is 32.2. The lowest BCUT2D eigenvalue weighted by Gasteiger charge is -2.19. The summed E-state index contributed by atoms with van der Waals surface area (Å²) in [6.07, 6.45) is 1.45. The zero-order valence-electron chi connectivity index (χ0n) is 17.4. The average molecular weight is 490 g/mol. The van der Waals surface area contributed by atoms with Crippen molar-refractivity contribution in [3.63, 3.8) is 0 Å². The fourth-order valence-electron chi connectivity index (χ4n) is 3.23. The van der Waals surface area contributed by atoms with Gasteiger partial charge in [-0.25, -0.2) is 0 Å². The Morgan fingerprint density at radius 1 is 1.12 bits per heavy atom. The SMILES string of the molecule is N=C1/C(=C/c2ccc(-c3ccc([N+](=O)[O-])cc3)o2)C(=O)N=C2SC(SCc3ccccc3)=NN12. The molecule has 0 aliphatic carbocycles. The van der Waals surface area contributed by atoms with Gasteiger partial charge in [0.25, 0.3) is 11.6 Å². The molecule has 34 heavy (non-hydrogen) atoms. The van der Waals surface area contributed by atoms with Crippen molar-refractivity contribution in [1.29, 1.82) is 5.41 Å². The smallest absolute Gasteiger partial charge is 0.283 e. The molecule has 2 aromatic carbocycles. The number of nitrogens with one attached hydrogen (secondary N) is 1. The van der Waals surface area contributed by atoms with Gasteiger partial charge >= 0.3 is 0 Å². The highest BCUT2D eigenvalue weighted by molar-refractivity contribution is 8.45. The lowest BCUT2D eigenvalue weighted by atomic mass is 10.1. The largest absolute Gasteiger partial charge is 0.457 e. The second kappa shape index (κ2) is 9.12. The number of fused-ring (bicyclic) bond motifs is 1. The van der Waals surface area contributed by atoms with E-state index in [1.54, 1.807) is 24.3 Å². The van der Waals surface area contributed by atoms with Gasteiger partial charge in [-0.2, -0.15) is 10.0 Å². The maximum absolute atomic E-state index is 12.6. The predicted molar refractivity (Wildman–Crippen MR) is 134 cm³/mol. The van der Waals surface area contributed by atoms with E-state index in [0.717, 1.165) is 11.3 Å². The number of nitrogens with zero attached hydrogens (tertiary/aromatic N) is 4. The first-order chi connectivity index (χ1) is 16.5. The summed E-state index contributed by atoms with van der Waals surface area (Å²) in [5.41, 5.74) is 1.85. The van der Waals surface area contributed by atoms with E-state index in [2.05, 4.69) is 10.1 Å². The molecule has 5 rings (SSSR count). The molecular weight excluding hydrogens is 474 g/mol. The molecule has 1 aromatic heterocycles. The van der Waals surface area contributed by atoms with Crippen LogP contribution in [0.4, 0.5) is 5.69 Å². The highest BCUT2D eigenvalue weighted by Gasteiger charge is 2.36. The number of nitro groups is 1. The number of benzene rings is 2. The molecule has 0 bridgehead atoms. The van der Waals surface area contributed by atoms with Crippen molar-refractivity contribution in [3.05, 3.63) is 93.7 Å². The molecule has 0 spiro atoms. The molecule has 2 aliphatic heterocycles. The van der Waals surface area contributed by atoms with Crippen molar-refractivity contribution in [3.8, 4) is 11.3 Å². The Kier molecular flexibility index (Phi) is 5.86. The van der Waals surface area contributed by atoms with Crippen LogP contribution in [0, 0.1) is 15.5 Å². The molecular formula is C23H15N5O4S2. The molecule has 168 valence electrons. The number of carbonyl (C=O) groups is 1. The van der Waals surface area contributed by atoms with Gasteiger partial charge in [0.15, 0.2) is 10.2 Å². The maximum atomic E-state index is 12.6. The molecule has 3 heterocycles. The molecule has 11 heteroatoms. The summed E-state index contributed by atoms with van der Waals surface area (Å²) in [6, 6.07) is 19.3. The summed E-state index contributed by atoms with van der Waals surface area (Å²) in [4.78, 5) is 27.1. The molecule has 0 unspecified atom stereocenters. The number of nitro benzene ring substituents is 1. The van der Waals surface area contributed by atoms with Crippen molar-refractivity contribution >= 4 is 56.6 Å². The van der Waals surface area contributed by atoms with Gasteiger partial charge in [0.1, 0.15) is 11.5 Å². The fourth-order valence-corrected chi connectivity index (χ4v) is 5.11. The lowest BCUT2D eigenvalue weighted by molar-refractivity contribution is -0.384. The Hall–Kier alpha value is -3.96. The number of non-ortho nitro benzene ring substituents is 1. The van der Waals surface area contributed by atoms with Gasteiger partial charge in [0.2, 0.25) is 5.17 Å². The summed E-state index contributed by atoms with van der Waals surface area (Å²) < 4.78 is 6.49. The van der Waals surface area contributed by atoms with Gasteiger partial charge in [-0.15, -0.1) is 5.10 Å². The third kappa shape index (κ3) is 4.43. The second-order valence-corrected chi connectivity index (χ2v) is 9.34. The molecule has 0 atom stereocenters. The van der Waals surface area contributed by atoms with E-state index in [1.165, 1.54) is 46.7 Å². The molecule has 1 N–H and O–H groups in total. The van der Waals surface area contributed by atoms with Crippen LogP contribution in [-0.2, 0) is 10.5 Å². The number of amides is 1. The van der Waals surface area contributed by atoms with Crippen molar-refractivity contribution in [2.24, 2.45) is 10.1 Å². The van der Waals surface area contributed by atoms with Crippen LogP contribution in [0.25, 0.3) is 17.4 Å². The van der Waals surface area contributed by atoms with E-state index in [0.29, 0.717) is 26.6 Å². The number of furan rings is 1. The minimum absolute atomic E-state index is 0.0158. The fraction of sp³-hybridized carbons (Fsp3) is 0.0435. The van der Waals surface area contributed by atoms with Gasteiger partial charge in [-0.1, -0.05) is 42.1 Å². The summed E-state index contributed by atoms with van der Waals surface area (Å²) in [5, 5.41) is 25.5. The molecule has 1 amide bonds. The van der Waals surface area contributed by atoms with E-state index in [-0.39, 0.29) is 17.1 Å². The Labute approximate surface area is 201 Å². The summed E-state index contributed by atoms with van der Waals surface area (Å²) in [7, 11) is 0. The molecule has 0 saturated heterocycles. The first-order valence-corrected chi connectivity index (χ1v) is 11.8. The van der Waals surface area contributed by atoms with E-state index >= 15 is 0 Å². The van der Waals surface area contributed by atoms with Gasteiger partial charge < -0.3 is 4.42 Å².